The van der Waals surface area contributed by atoms with Crippen LogP contribution in [0, 0.1) is 0 Å². The molecule has 0 amide bonds. The van der Waals surface area contributed by atoms with Crippen LogP contribution in [-0.2, 0) is 6.42 Å². The van der Waals surface area contributed by atoms with Gasteiger partial charge in [0.15, 0.2) is 0 Å². The van der Waals surface area contributed by atoms with E-state index in [0.717, 1.165) is 24.9 Å². The van der Waals surface area contributed by atoms with Crippen molar-refractivity contribution in [1.29, 1.82) is 0 Å². The molecule has 6 nitrogen and oxygen atoms in total. The number of nitrogens with zero attached hydrogens (tertiary/aromatic N) is 3. The number of hydrogen-bond acceptors (Lipinski definition) is 5. The second-order valence-electron chi connectivity index (χ2n) is 7.12. The molecule has 3 rings (SSSR count). The summed E-state index contributed by atoms with van der Waals surface area (Å²) in [5, 5.41) is 0. The zero-order valence-electron chi connectivity index (χ0n) is 14.9. The van der Waals surface area contributed by atoms with Gasteiger partial charge in [0.1, 0.15) is 5.82 Å². The lowest BCUT2D eigenvalue weighted by molar-refractivity contribution is 0.184. The summed E-state index contributed by atoms with van der Waals surface area (Å²) in [6.45, 7) is 2.26. The molecule has 1 unspecified atom stereocenters. The summed E-state index contributed by atoms with van der Waals surface area (Å²) < 4.78 is 1.50. The van der Waals surface area contributed by atoms with Gasteiger partial charge in [0.05, 0.1) is 5.69 Å². The maximum absolute atomic E-state index is 11.9. The monoisotopic (exact) mass is 341 g/mol. The van der Waals surface area contributed by atoms with Crippen LogP contribution in [0.3, 0.4) is 0 Å². The van der Waals surface area contributed by atoms with Crippen molar-refractivity contribution in [1.82, 2.24) is 14.5 Å². The Balaban J connectivity index is 1.67. The standard InChI is InChI=1S/C19H27N5O/c1-13(23(2)17-8-5-15(20)12-17)11-14-3-6-16(7-4-14)24-10-9-18(21)22-19(24)25/h3-4,6-7,9-10,13,15,17H,5,8,11-12,20H2,1-2H3,(H2,21,22,25)/t13?,15-,17+/m1/s1. The fourth-order valence-electron chi connectivity index (χ4n) is 3.61. The minimum atomic E-state index is -0.363. The third-order valence-electron chi connectivity index (χ3n) is 5.29. The van der Waals surface area contributed by atoms with E-state index >= 15 is 0 Å². The van der Waals surface area contributed by atoms with Gasteiger partial charge >= 0.3 is 5.69 Å². The van der Waals surface area contributed by atoms with Gasteiger partial charge in [-0.15, -0.1) is 0 Å². The zero-order valence-corrected chi connectivity index (χ0v) is 14.9. The van der Waals surface area contributed by atoms with Crippen LogP contribution in [0.15, 0.2) is 41.3 Å². The molecular formula is C19H27N5O. The number of likely N-dealkylation sites (N-methyl/N-ethyl adjacent to an activating group) is 1. The molecule has 0 spiro atoms. The lowest BCUT2D eigenvalue weighted by atomic mass is 10.0. The van der Waals surface area contributed by atoms with Crippen molar-refractivity contribution >= 4 is 5.82 Å². The minimum absolute atomic E-state index is 0.237. The van der Waals surface area contributed by atoms with Crippen LogP contribution in [0.1, 0.15) is 31.7 Å². The first-order valence-electron chi connectivity index (χ1n) is 8.86. The number of rotatable bonds is 5. The molecule has 1 aromatic carbocycles. The Hall–Kier alpha value is -2.18. The Morgan fingerprint density at radius 3 is 2.60 bits per heavy atom. The molecule has 1 aliphatic carbocycles. The Labute approximate surface area is 148 Å². The maximum Gasteiger partial charge on any atom is 0.354 e. The quantitative estimate of drug-likeness (QED) is 0.861. The van der Waals surface area contributed by atoms with Gasteiger partial charge in [0.2, 0.25) is 0 Å². The highest BCUT2D eigenvalue weighted by Crippen LogP contribution is 2.24. The number of anilines is 1. The molecule has 0 saturated heterocycles. The van der Waals surface area contributed by atoms with Crippen LogP contribution in [0.2, 0.25) is 0 Å². The molecule has 1 fully saturated rings. The lowest BCUT2D eigenvalue weighted by Gasteiger charge is -2.31. The van der Waals surface area contributed by atoms with Crippen molar-refractivity contribution in [2.75, 3.05) is 12.8 Å². The van der Waals surface area contributed by atoms with Crippen molar-refractivity contribution in [3.63, 3.8) is 0 Å². The molecule has 1 aliphatic rings. The molecule has 0 bridgehead atoms. The zero-order chi connectivity index (χ0) is 18.0. The highest BCUT2D eigenvalue weighted by Gasteiger charge is 2.27. The third kappa shape index (κ3) is 4.08. The molecule has 0 radical (unpaired) electrons. The van der Waals surface area contributed by atoms with Crippen molar-refractivity contribution in [2.45, 2.75) is 50.7 Å². The van der Waals surface area contributed by atoms with Gasteiger partial charge in [0, 0.05) is 24.3 Å². The normalized spacial score (nSPS) is 21.6. The molecular weight excluding hydrogens is 314 g/mol. The highest BCUT2D eigenvalue weighted by molar-refractivity contribution is 5.36. The van der Waals surface area contributed by atoms with Crippen LogP contribution in [0.25, 0.3) is 5.69 Å². The van der Waals surface area contributed by atoms with Crippen molar-refractivity contribution in [3.05, 3.63) is 52.6 Å². The molecule has 1 aromatic heterocycles. The van der Waals surface area contributed by atoms with Gasteiger partial charge < -0.3 is 16.4 Å². The summed E-state index contributed by atoms with van der Waals surface area (Å²) in [4.78, 5) is 18.1. The van der Waals surface area contributed by atoms with Crippen LogP contribution in [-0.4, -0.2) is 39.6 Å². The first kappa shape index (κ1) is 17.6. The fraction of sp³-hybridized carbons (Fsp3) is 0.474. The van der Waals surface area contributed by atoms with E-state index in [4.69, 9.17) is 11.5 Å². The summed E-state index contributed by atoms with van der Waals surface area (Å²) >= 11 is 0. The topological polar surface area (TPSA) is 90.2 Å². The summed E-state index contributed by atoms with van der Waals surface area (Å²) in [5.74, 6) is 0.237. The van der Waals surface area contributed by atoms with E-state index in [0.29, 0.717) is 18.1 Å². The molecule has 25 heavy (non-hydrogen) atoms. The Morgan fingerprint density at radius 2 is 2.00 bits per heavy atom. The number of aromatic nitrogens is 2. The molecule has 2 aromatic rings. The molecule has 1 heterocycles. The van der Waals surface area contributed by atoms with E-state index in [9.17, 15) is 4.79 Å². The van der Waals surface area contributed by atoms with E-state index in [1.807, 2.05) is 12.1 Å². The number of benzene rings is 1. The predicted octanol–water partition coefficient (Wildman–Crippen LogP) is 1.56. The maximum atomic E-state index is 11.9. The molecule has 6 heteroatoms. The average molecular weight is 341 g/mol. The number of nitrogens with two attached hydrogens (primary N) is 2. The summed E-state index contributed by atoms with van der Waals surface area (Å²) in [5.41, 5.74) is 13.3. The van der Waals surface area contributed by atoms with Crippen LogP contribution >= 0.6 is 0 Å². The van der Waals surface area contributed by atoms with Crippen LogP contribution in [0.4, 0.5) is 5.82 Å². The summed E-state index contributed by atoms with van der Waals surface area (Å²) in [7, 11) is 2.20. The van der Waals surface area contributed by atoms with Crippen molar-refractivity contribution < 1.29 is 0 Å². The van der Waals surface area contributed by atoms with Crippen molar-refractivity contribution in [3.8, 4) is 5.69 Å². The van der Waals surface area contributed by atoms with Crippen LogP contribution in [0.5, 0.6) is 0 Å². The largest absolute Gasteiger partial charge is 0.383 e. The van der Waals surface area contributed by atoms with Gasteiger partial charge in [-0.3, -0.25) is 4.57 Å². The molecule has 134 valence electrons. The SMILES string of the molecule is CC(Cc1ccc(-n2ccc(N)nc2=O)cc1)N(C)[C@H]1CC[C@@H](N)C1. The van der Waals surface area contributed by atoms with Crippen LogP contribution < -0.4 is 17.2 Å². The molecule has 1 saturated carbocycles. The van der Waals surface area contributed by atoms with Gasteiger partial charge in [-0.1, -0.05) is 12.1 Å². The molecule has 4 N–H and O–H groups in total. The predicted molar refractivity (Wildman–Crippen MR) is 101 cm³/mol. The number of hydrogen-bond donors (Lipinski definition) is 2. The molecule has 3 atom stereocenters. The first-order chi connectivity index (χ1) is 11.9. The van der Waals surface area contributed by atoms with Gasteiger partial charge in [-0.2, -0.15) is 4.98 Å². The van der Waals surface area contributed by atoms with Gasteiger partial charge in [0.25, 0.3) is 0 Å². The van der Waals surface area contributed by atoms with Gasteiger partial charge in [-0.25, -0.2) is 4.79 Å². The first-order valence-corrected chi connectivity index (χ1v) is 8.86. The summed E-state index contributed by atoms with van der Waals surface area (Å²) in [6.07, 6.45) is 6.03. The Morgan fingerprint density at radius 1 is 1.28 bits per heavy atom. The van der Waals surface area contributed by atoms with E-state index in [1.165, 1.54) is 16.6 Å². The van der Waals surface area contributed by atoms with Crippen molar-refractivity contribution in [2.24, 2.45) is 5.73 Å². The average Bonchev–Trinajstić information content (AvgIpc) is 3.01. The lowest BCUT2D eigenvalue weighted by Crippen LogP contribution is -2.39. The highest BCUT2D eigenvalue weighted by atomic mass is 16.1. The second kappa shape index (κ2) is 7.37. The Kier molecular flexibility index (Phi) is 5.20. The van der Waals surface area contributed by atoms with E-state index in [-0.39, 0.29) is 11.5 Å². The smallest absolute Gasteiger partial charge is 0.354 e. The third-order valence-corrected chi connectivity index (χ3v) is 5.29. The second-order valence-corrected chi connectivity index (χ2v) is 7.12. The van der Waals surface area contributed by atoms with Gasteiger partial charge in [-0.05, 0) is 63.4 Å². The fourth-order valence-corrected chi connectivity index (χ4v) is 3.61. The van der Waals surface area contributed by atoms with E-state index in [1.54, 1.807) is 12.3 Å². The minimum Gasteiger partial charge on any atom is -0.383 e. The Bertz CT molecular complexity index is 770. The van der Waals surface area contributed by atoms with E-state index in [2.05, 4.69) is 36.0 Å². The number of nitrogen functional groups attached to an aromatic ring is 1. The molecule has 0 aliphatic heterocycles. The summed E-state index contributed by atoms with van der Waals surface area (Å²) in [6, 6.07) is 11.1. The van der Waals surface area contributed by atoms with E-state index < -0.39 is 0 Å².